The van der Waals surface area contributed by atoms with Crippen molar-refractivity contribution in [1.29, 1.82) is 5.41 Å². The van der Waals surface area contributed by atoms with Crippen LogP contribution in [0.3, 0.4) is 0 Å². The van der Waals surface area contributed by atoms with Crippen molar-refractivity contribution in [2.45, 2.75) is 173 Å². The van der Waals surface area contributed by atoms with E-state index >= 15 is 0 Å². The van der Waals surface area contributed by atoms with Gasteiger partial charge in [0.2, 0.25) is 0 Å². The minimum absolute atomic E-state index is 0.332. The van der Waals surface area contributed by atoms with Gasteiger partial charge in [-0.25, -0.2) is 9.97 Å². The van der Waals surface area contributed by atoms with E-state index in [9.17, 15) is 5.41 Å². The van der Waals surface area contributed by atoms with Crippen LogP contribution < -0.4 is 0 Å². The number of nitrogens with one attached hydrogen (secondary N) is 1. The third-order valence-electron chi connectivity index (χ3n) is 8.68. The highest BCUT2D eigenvalue weighted by atomic mass is 15.1. The van der Waals surface area contributed by atoms with Gasteiger partial charge in [0.05, 0.1) is 5.69 Å². The molecule has 0 radical (unpaired) electrons. The molecule has 1 saturated heterocycles. The highest BCUT2D eigenvalue weighted by Crippen LogP contribution is 2.37. The Hall–Kier alpha value is -1.81. The van der Waals surface area contributed by atoms with Crippen LogP contribution in [0.5, 0.6) is 0 Å². The second kappa shape index (κ2) is 21.8. The van der Waals surface area contributed by atoms with Gasteiger partial charge in [-0.2, -0.15) is 0 Å². The first-order valence-corrected chi connectivity index (χ1v) is 17.7. The number of hydrogen-bond acceptors (Lipinski definition) is 4. The van der Waals surface area contributed by atoms with Gasteiger partial charge in [0, 0.05) is 17.7 Å². The molecule has 1 aromatic rings. The van der Waals surface area contributed by atoms with Crippen LogP contribution in [-0.4, -0.2) is 40.2 Å². The topological polar surface area (TPSA) is 52.9 Å². The first kappa shape index (κ1) is 40.2. The van der Waals surface area contributed by atoms with Crippen LogP contribution in [0.15, 0.2) is 22.3 Å². The predicted molar refractivity (Wildman–Crippen MR) is 188 cm³/mol. The third-order valence-corrected chi connectivity index (χ3v) is 8.68. The SMILES string of the molecule is CC.CC.CCC.CCC/C(C(=N)c1nc(CCC2CCCN2C)c(CC)c(C(C)C)n1)=C(/C)C1CCCC(C)=C1C. The van der Waals surface area contributed by atoms with Crippen molar-refractivity contribution >= 4 is 5.71 Å². The van der Waals surface area contributed by atoms with Gasteiger partial charge in [-0.15, -0.1) is 0 Å². The van der Waals surface area contributed by atoms with Crippen LogP contribution in [0.1, 0.15) is 176 Å². The zero-order chi connectivity index (χ0) is 32.4. The van der Waals surface area contributed by atoms with E-state index in [2.05, 4.69) is 74.3 Å². The van der Waals surface area contributed by atoms with E-state index in [0.717, 1.165) is 37.8 Å². The maximum absolute atomic E-state index is 9.34. The summed E-state index contributed by atoms with van der Waals surface area (Å²) in [5, 5.41) is 9.34. The fourth-order valence-corrected chi connectivity index (χ4v) is 6.32. The zero-order valence-corrected chi connectivity index (χ0v) is 30.6. The molecule has 1 aliphatic heterocycles. The van der Waals surface area contributed by atoms with E-state index in [1.807, 2.05) is 27.7 Å². The zero-order valence-electron chi connectivity index (χ0n) is 30.6. The molecule has 3 rings (SSSR count). The summed E-state index contributed by atoms with van der Waals surface area (Å²) in [4.78, 5) is 12.7. The normalized spacial score (nSPS) is 19.2. The maximum Gasteiger partial charge on any atom is 0.178 e. The molecule has 0 spiro atoms. The predicted octanol–water partition coefficient (Wildman–Crippen LogP) is 11.3. The molecule has 1 fully saturated rings. The largest absolute Gasteiger partial charge is 0.303 e. The Morgan fingerprint density at radius 1 is 0.976 bits per heavy atom. The van der Waals surface area contributed by atoms with E-state index in [0.29, 0.717) is 29.4 Å². The molecule has 0 bridgehead atoms. The molecule has 242 valence electrons. The molecular formula is C38H70N4. The Morgan fingerprint density at radius 3 is 2.10 bits per heavy atom. The molecule has 4 heteroatoms. The average molecular weight is 583 g/mol. The van der Waals surface area contributed by atoms with Crippen LogP contribution in [0, 0.1) is 11.3 Å². The average Bonchev–Trinajstić information content (AvgIpc) is 3.41. The number of allylic oxidation sites excluding steroid dienone is 4. The number of rotatable bonds is 10. The summed E-state index contributed by atoms with van der Waals surface area (Å²) in [6, 6.07) is 0.655. The molecule has 0 aromatic carbocycles. The first-order valence-electron chi connectivity index (χ1n) is 17.7. The maximum atomic E-state index is 9.34. The van der Waals surface area contributed by atoms with Crippen molar-refractivity contribution in [3.63, 3.8) is 0 Å². The van der Waals surface area contributed by atoms with Crippen molar-refractivity contribution in [3.05, 3.63) is 45.1 Å². The Morgan fingerprint density at radius 2 is 1.60 bits per heavy atom. The van der Waals surface area contributed by atoms with Gasteiger partial charge in [0.25, 0.3) is 0 Å². The Balaban J connectivity index is 0.00000221. The standard InChI is InChI=1S/C31H50N4.C3H8.2C2H6/c1-9-13-27(23(7)26-16-11-14-21(5)22(26)6)29(32)31-33-28(18-17-24-15-12-19-35(24)8)25(10-2)30(34-31)20(3)4;1-3-2;2*1-2/h20,24,26,32H,9-19H2,1-8H3;3H2,1-2H3;2*1-2H3/b27-23+,32-29?;;;. The van der Waals surface area contributed by atoms with Gasteiger partial charge in [-0.3, -0.25) is 5.41 Å². The van der Waals surface area contributed by atoms with Crippen molar-refractivity contribution < 1.29 is 0 Å². The van der Waals surface area contributed by atoms with Crippen LogP contribution >= 0.6 is 0 Å². The fraction of sp³-hybridized carbons (Fsp3) is 0.763. The second-order valence-electron chi connectivity index (χ2n) is 12.1. The smallest absolute Gasteiger partial charge is 0.178 e. The summed E-state index contributed by atoms with van der Waals surface area (Å²) in [5.41, 5.74) is 9.80. The molecule has 42 heavy (non-hydrogen) atoms. The van der Waals surface area contributed by atoms with E-state index in [1.54, 1.807) is 0 Å². The van der Waals surface area contributed by atoms with E-state index in [-0.39, 0.29) is 0 Å². The molecular weight excluding hydrogens is 512 g/mol. The molecule has 2 unspecified atom stereocenters. The van der Waals surface area contributed by atoms with Gasteiger partial charge in [-0.1, -0.05) is 98.8 Å². The minimum Gasteiger partial charge on any atom is -0.303 e. The van der Waals surface area contributed by atoms with Crippen molar-refractivity contribution in [3.8, 4) is 0 Å². The molecule has 1 aromatic heterocycles. The lowest BCUT2D eigenvalue weighted by Gasteiger charge is -2.28. The van der Waals surface area contributed by atoms with Crippen molar-refractivity contribution in [1.82, 2.24) is 14.9 Å². The lowest BCUT2D eigenvalue weighted by atomic mass is 9.77. The summed E-state index contributed by atoms with van der Waals surface area (Å²) >= 11 is 0. The molecule has 2 aliphatic rings. The van der Waals surface area contributed by atoms with E-state index in [1.165, 1.54) is 78.6 Å². The lowest BCUT2D eigenvalue weighted by Crippen LogP contribution is -2.26. The molecule has 2 atom stereocenters. The van der Waals surface area contributed by atoms with E-state index in [4.69, 9.17) is 9.97 Å². The van der Waals surface area contributed by atoms with Crippen LogP contribution in [-0.2, 0) is 12.8 Å². The first-order chi connectivity index (χ1) is 20.1. The highest BCUT2D eigenvalue weighted by Gasteiger charge is 2.26. The van der Waals surface area contributed by atoms with Crippen molar-refractivity contribution in [2.75, 3.05) is 13.6 Å². The monoisotopic (exact) mass is 583 g/mol. The number of hydrogen-bond donors (Lipinski definition) is 1. The summed E-state index contributed by atoms with van der Waals surface area (Å²) < 4.78 is 0. The summed E-state index contributed by atoms with van der Waals surface area (Å²) in [7, 11) is 2.26. The van der Waals surface area contributed by atoms with Gasteiger partial charge in [-0.05, 0) is 109 Å². The summed E-state index contributed by atoms with van der Waals surface area (Å²) in [5.74, 6) is 1.44. The second-order valence-corrected chi connectivity index (χ2v) is 12.1. The summed E-state index contributed by atoms with van der Waals surface area (Å²) in [6.07, 6.45) is 12.5. The van der Waals surface area contributed by atoms with Gasteiger partial charge in [0.15, 0.2) is 5.82 Å². The van der Waals surface area contributed by atoms with Gasteiger partial charge in [0.1, 0.15) is 5.71 Å². The fourth-order valence-electron chi connectivity index (χ4n) is 6.32. The highest BCUT2D eigenvalue weighted by molar-refractivity contribution is 6.08. The third kappa shape index (κ3) is 11.4. The molecule has 0 amide bonds. The molecule has 1 N–H and O–H groups in total. The van der Waals surface area contributed by atoms with Crippen LogP contribution in [0.25, 0.3) is 0 Å². The molecule has 4 nitrogen and oxygen atoms in total. The molecule has 2 heterocycles. The molecule has 1 aliphatic carbocycles. The Labute approximate surface area is 262 Å². The number of aryl methyl sites for hydroxylation is 1. The van der Waals surface area contributed by atoms with Gasteiger partial charge >= 0.3 is 0 Å². The summed E-state index contributed by atoms with van der Waals surface area (Å²) in [6.45, 7) is 29.2. The Bertz CT molecular complexity index is 985. The number of nitrogens with zero attached hydrogens (tertiary/aromatic N) is 3. The lowest BCUT2D eigenvalue weighted by molar-refractivity contribution is 0.296. The van der Waals surface area contributed by atoms with Crippen LogP contribution in [0.2, 0.25) is 0 Å². The number of likely N-dealkylation sites (tertiary alicyclic amines) is 1. The van der Waals surface area contributed by atoms with E-state index < -0.39 is 0 Å². The Kier molecular flexibility index (Phi) is 20.9. The minimum atomic E-state index is 0.332. The molecule has 0 saturated carbocycles. The van der Waals surface area contributed by atoms with Crippen molar-refractivity contribution in [2.24, 2.45) is 5.92 Å². The quantitative estimate of drug-likeness (QED) is 0.220. The van der Waals surface area contributed by atoms with Crippen LogP contribution in [0.4, 0.5) is 0 Å². The number of aromatic nitrogens is 2. The van der Waals surface area contributed by atoms with Gasteiger partial charge < -0.3 is 4.90 Å².